The second kappa shape index (κ2) is 15.6. The van der Waals surface area contributed by atoms with E-state index in [4.69, 9.17) is 18.9 Å². The number of aliphatic hydroxyl groups is 6. The first-order chi connectivity index (χ1) is 27.0. The summed E-state index contributed by atoms with van der Waals surface area (Å²) in [4.78, 5) is 26.0. The van der Waals surface area contributed by atoms with Crippen molar-refractivity contribution in [2.75, 3.05) is 13.2 Å². The summed E-state index contributed by atoms with van der Waals surface area (Å²) < 4.78 is 24.3. The lowest BCUT2D eigenvalue weighted by Gasteiger charge is -2.72. The Hall–Kier alpha value is -2.16. The lowest BCUT2D eigenvalue weighted by molar-refractivity contribution is -0.342. The van der Waals surface area contributed by atoms with Crippen LogP contribution in [0, 0.1) is 50.2 Å². The third-order valence-corrected chi connectivity index (χ3v) is 17.5. The van der Waals surface area contributed by atoms with E-state index in [9.17, 15) is 40.2 Å². The Morgan fingerprint density at radius 3 is 2.00 bits per heavy atom. The van der Waals surface area contributed by atoms with Gasteiger partial charge in [0.05, 0.1) is 49.1 Å². The molecule has 1 saturated heterocycles. The SMILES string of the molecule is C/C=C(\C)C(=O)O[C@@H]1[C@@H](O)[C@H](O[C@H]2[C@H](O)[C@]3(CO)[C@H](O)C[C@]4(C)C(=CC[C@@H]5[C@@]6(C)CC[C@H](O)[C@](C)(CO)[C@@H]6CC[C@]54C)[C@H]3CC2(C)C)O[C@H](C)[C@@H]1OC(=O)/C(C)=C/C. The van der Waals surface area contributed by atoms with Crippen molar-refractivity contribution in [3.8, 4) is 0 Å². The van der Waals surface area contributed by atoms with Crippen molar-refractivity contribution >= 4 is 11.9 Å². The van der Waals surface area contributed by atoms with Crippen molar-refractivity contribution in [2.24, 2.45) is 50.2 Å². The van der Waals surface area contributed by atoms with Crippen LogP contribution in [0.4, 0.5) is 0 Å². The number of hydrogen-bond donors (Lipinski definition) is 6. The minimum absolute atomic E-state index is 0.0694. The minimum Gasteiger partial charge on any atom is -0.452 e. The van der Waals surface area contributed by atoms with E-state index < -0.39 is 101 Å². The van der Waals surface area contributed by atoms with Crippen molar-refractivity contribution in [3.05, 3.63) is 34.9 Å². The zero-order chi connectivity index (χ0) is 43.1. The second-order valence-electron chi connectivity index (χ2n) is 20.6. The molecule has 0 amide bonds. The van der Waals surface area contributed by atoms with Gasteiger partial charge in [-0.05, 0) is 119 Å². The van der Waals surface area contributed by atoms with Crippen molar-refractivity contribution in [1.29, 1.82) is 0 Å². The maximum atomic E-state index is 13.1. The molecular weight excluding hydrogens is 744 g/mol. The molecule has 328 valence electrons. The maximum Gasteiger partial charge on any atom is 0.333 e. The summed E-state index contributed by atoms with van der Waals surface area (Å²) in [5, 5.41) is 70.2. The molecule has 58 heavy (non-hydrogen) atoms. The molecule has 0 aromatic carbocycles. The highest BCUT2D eigenvalue weighted by Crippen LogP contribution is 2.75. The van der Waals surface area contributed by atoms with Gasteiger partial charge in [-0.2, -0.15) is 0 Å². The molecule has 0 radical (unpaired) electrons. The van der Waals surface area contributed by atoms with Crippen LogP contribution in [0.25, 0.3) is 0 Å². The van der Waals surface area contributed by atoms with E-state index in [-0.39, 0.29) is 34.8 Å². The number of esters is 2. The van der Waals surface area contributed by atoms with Gasteiger partial charge in [0.25, 0.3) is 0 Å². The van der Waals surface area contributed by atoms with Crippen LogP contribution < -0.4 is 0 Å². The molecule has 17 atom stereocenters. The summed E-state index contributed by atoms with van der Waals surface area (Å²) in [7, 11) is 0. The van der Waals surface area contributed by atoms with E-state index in [0.717, 1.165) is 31.3 Å². The van der Waals surface area contributed by atoms with Gasteiger partial charge in [0.1, 0.15) is 6.10 Å². The Kier molecular flexibility index (Phi) is 12.2. The number of allylic oxidation sites excluding steroid dienone is 4. The largest absolute Gasteiger partial charge is 0.452 e. The van der Waals surface area contributed by atoms with Gasteiger partial charge in [-0.25, -0.2) is 9.59 Å². The van der Waals surface area contributed by atoms with Gasteiger partial charge in [0.15, 0.2) is 18.5 Å². The average molecular weight is 817 g/mol. The molecule has 0 unspecified atom stereocenters. The number of hydrogen-bond acceptors (Lipinski definition) is 12. The molecule has 6 N–H and O–H groups in total. The predicted molar refractivity (Wildman–Crippen MR) is 216 cm³/mol. The smallest absolute Gasteiger partial charge is 0.333 e. The van der Waals surface area contributed by atoms with E-state index in [1.807, 2.05) is 20.8 Å². The maximum absolute atomic E-state index is 13.1. The topological polar surface area (TPSA) is 192 Å². The predicted octanol–water partition coefficient (Wildman–Crippen LogP) is 4.91. The van der Waals surface area contributed by atoms with Gasteiger partial charge in [-0.1, -0.05) is 65.3 Å². The number of carbonyl (C=O) groups is 2. The van der Waals surface area contributed by atoms with Crippen molar-refractivity contribution < 1.29 is 59.2 Å². The number of fused-ring (bicyclic) bond motifs is 7. The van der Waals surface area contributed by atoms with E-state index >= 15 is 0 Å². The van der Waals surface area contributed by atoms with Gasteiger partial charge in [-0.15, -0.1) is 0 Å². The molecule has 6 aliphatic rings. The molecule has 1 heterocycles. The number of ether oxygens (including phenoxy) is 4. The van der Waals surface area contributed by atoms with Gasteiger partial charge in [0.2, 0.25) is 0 Å². The summed E-state index contributed by atoms with van der Waals surface area (Å²) in [5.74, 6) is -1.40. The first kappa shape index (κ1) is 45.4. The van der Waals surface area contributed by atoms with Gasteiger partial charge >= 0.3 is 11.9 Å². The first-order valence-corrected chi connectivity index (χ1v) is 21.6. The molecule has 5 fully saturated rings. The molecule has 0 bridgehead atoms. The molecule has 4 saturated carbocycles. The highest BCUT2D eigenvalue weighted by Gasteiger charge is 2.73. The van der Waals surface area contributed by atoms with Crippen LogP contribution in [0.2, 0.25) is 0 Å². The Morgan fingerprint density at radius 2 is 1.43 bits per heavy atom. The lowest BCUT2D eigenvalue weighted by Crippen LogP contribution is -2.72. The van der Waals surface area contributed by atoms with Crippen LogP contribution in [0.1, 0.15) is 121 Å². The van der Waals surface area contributed by atoms with E-state index in [1.54, 1.807) is 46.8 Å². The van der Waals surface area contributed by atoms with Crippen LogP contribution in [0.5, 0.6) is 0 Å². The van der Waals surface area contributed by atoms with E-state index in [0.29, 0.717) is 24.8 Å². The third-order valence-electron chi connectivity index (χ3n) is 17.5. The van der Waals surface area contributed by atoms with Crippen LogP contribution in [-0.2, 0) is 28.5 Å². The quantitative estimate of drug-likeness (QED) is 0.0841. The highest BCUT2D eigenvalue weighted by molar-refractivity contribution is 5.88. The monoisotopic (exact) mass is 817 g/mol. The number of aliphatic hydroxyl groups excluding tert-OH is 6. The molecule has 0 spiro atoms. The van der Waals surface area contributed by atoms with Crippen LogP contribution >= 0.6 is 0 Å². The fourth-order valence-corrected chi connectivity index (χ4v) is 13.4. The molecular formula is C46H72O12. The van der Waals surface area contributed by atoms with E-state index in [1.165, 1.54) is 0 Å². The second-order valence-corrected chi connectivity index (χ2v) is 20.6. The van der Waals surface area contributed by atoms with Crippen molar-refractivity contribution in [2.45, 2.75) is 176 Å². The summed E-state index contributed by atoms with van der Waals surface area (Å²) >= 11 is 0. The zero-order valence-corrected chi connectivity index (χ0v) is 36.7. The fraction of sp³-hybridized carbons (Fsp3) is 0.826. The zero-order valence-electron chi connectivity index (χ0n) is 36.7. The Labute approximate surface area is 345 Å². The fourth-order valence-electron chi connectivity index (χ4n) is 13.4. The molecule has 6 rings (SSSR count). The summed E-state index contributed by atoms with van der Waals surface area (Å²) in [5.41, 5.74) is -1.88. The van der Waals surface area contributed by atoms with E-state index in [2.05, 4.69) is 26.8 Å². The standard InChI is InChI=1S/C46H72O12/c1-12-24(3)38(53)56-34-26(5)55-40(33(51)35(34)57-39(54)25(4)13-2)58-37-36(52)46(23-48)28(20-41(37,6)7)27-14-15-30-42(8)18-17-31(49)43(9,22-47)29(42)16-19-44(30,10)45(27,11)21-32(46)50/h12-14,26,28-37,40,47-52H,15-23H2,1-11H3/b24-12+,25-13+/t26-,28-,29-,30-,31+,32-,33-,34+,35-,36+,37+,40+,42+,43-,44-,45-,46+/m1/s1. The molecule has 5 aliphatic carbocycles. The molecule has 12 nitrogen and oxygen atoms in total. The average Bonchev–Trinajstić information content (AvgIpc) is 3.17. The minimum atomic E-state index is -1.64. The summed E-state index contributed by atoms with van der Waals surface area (Å²) in [6, 6.07) is 0. The summed E-state index contributed by atoms with van der Waals surface area (Å²) in [6.45, 7) is 20.5. The third kappa shape index (κ3) is 6.52. The first-order valence-electron chi connectivity index (χ1n) is 21.6. The van der Waals surface area contributed by atoms with Crippen molar-refractivity contribution in [3.63, 3.8) is 0 Å². The molecule has 1 aliphatic heterocycles. The number of rotatable bonds is 8. The Morgan fingerprint density at radius 1 is 0.828 bits per heavy atom. The molecule has 0 aromatic heterocycles. The van der Waals surface area contributed by atoms with Crippen molar-refractivity contribution in [1.82, 2.24) is 0 Å². The Bertz CT molecular complexity index is 1690. The molecule has 12 heteroatoms. The van der Waals surface area contributed by atoms with Crippen LogP contribution in [0.3, 0.4) is 0 Å². The van der Waals surface area contributed by atoms with Gasteiger partial charge in [-0.3, -0.25) is 0 Å². The number of carbonyl (C=O) groups excluding carboxylic acids is 2. The van der Waals surface area contributed by atoms with Crippen LogP contribution in [0.15, 0.2) is 34.9 Å². The van der Waals surface area contributed by atoms with Gasteiger partial charge in [0, 0.05) is 16.6 Å². The van der Waals surface area contributed by atoms with Crippen LogP contribution in [-0.4, -0.2) is 111 Å². The summed E-state index contributed by atoms with van der Waals surface area (Å²) in [6.07, 6.45) is -0.461. The highest BCUT2D eigenvalue weighted by atomic mass is 16.7. The lowest BCUT2D eigenvalue weighted by atomic mass is 9.33. The normalized spacial score (nSPS) is 49.0. The van der Waals surface area contributed by atoms with Gasteiger partial charge < -0.3 is 49.6 Å². The molecule has 0 aromatic rings. The Balaban J connectivity index is 1.33.